The van der Waals surface area contributed by atoms with E-state index in [4.69, 9.17) is 5.73 Å². The predicted octanol–water partition coefficient (Wildman–Crippen LogP) is 2.01. The molecule has 1 aliphatic carbocycles. The molecule has 0 unspecified atom stereocenters. The summed E-state index contributed by atoms with van der Waals surface area (Å²) in [5.41, 5.74) is 5.54. The molecule has 0 amide bonds. The molecule has 0 atom stereocenters. The van der Waals surface area contributed by atoms with E-state index < -0.39 is 17.5 Å². The highest BCUT2D eigenvalue weighted by Crippen LogP contribution is 2.26. The van der Waals surface area contributed by atoms with Crippen LogP contribution in [0.25, 0.3) is 0 Å². The van der Waals surface area contributed by atoms with Gasteiger partial charge in [-0.1, -0.05) is 0 Å². The van der Waals surface area contributed by atoms with Crippen LogP contribution in [0.5, 0.6) is 0 Å². The summed E-state index contributed by atoms with van der Waals surface area (Å²) in [6.45, 7) is 0. The third kappa shape index (κ3) is 1.92. The maximum absolute atomic E-state index is 13.2. The third-order valence-electron chi connectivity index (χ3n) is 2.57. The molecule has 3 N–H and O–H groups in total. The second-order valence-corrected chi connectivity index (χ2v) is 3.80. The van der Waals surface area contributed by atoms with E-state index in [1.54, 1.807) is 0 Å². The molecule has 0 aromatic heterocycles. The minimum absolute atomic E-state index is 0.00852. The quantitative estimate of drug-likeness (QED) is 0.742. The number of hydrogen-bond acceptors (Lipinski definition) is 2. The van der Waals surface area contributed by atoms with Crippen molar-refractivity contribution >= 4 is 5.69 Å². The van der Waals surface area contributed by atoms with Crippen LogP contribution in [0.2, 0.25) is 0 Å². The largest absolute Gasteiger partial charge is 0.380 e. The lowest BCUT2D eigenvalue weighted by atomic mass is 9.87. The average molecular weight is 216 g/mol. The van der Waals surface area contributed by atoms with Crippen LogP contribution in [0.3, 0.4) is 0 Å². The molecular formula is C10H11F3N2. The van der Waals surface area contributed by atoms with E-state index in [1.165, 1.54) is 6.07 Å². The van der Waals surface area contributed by atoms with Gasteiger partial charge in [0, 0.05) is 12.1 Å². The second-order valence-electron chi connectivity index (χ2n) is 3.80. The summed E-state index contributed by atoms with van der Waals surface area (Å²) in [6.07, 6.45) is 1.44. The number of nitrogens with one attached hydrogen (secondary N) is 1. The van der Waals surface area contributed by atoms with Gasteiger partial charge in [0.25, 0.3) is 0 Å². The fraction of sp³-hybridized carbons (Fsp3) is 0.400. The van der Waals surface area contributed by atoms with Crippen LogP contribution in [0.15, 0.2) is 12.1 Å². The van der Waals surface area contributed by atoms with Crippen molar-refractivity contribution in [2.24, 2.45) is 5.73 Å². The average Bonchev–Trinajstić information content (AvgIpc) is 2.16. The van der Waals surface area contributed by atoms with Gasteiger partial charge in [-0.05, 0) is 25.0 Å². The second kappa shape index (κ2) is 3.73. The molecule has 0 radical (unpaired) electrons. The normalized spacial score (nSPS) is 24.8. The molecule has 0 saturated heterocycles. The van der Waals surface area contributed by atoms with Gasteiger partial charge in [0.15, 0.2) is 17.5 Å². The van der Waals surface area contributed by atoms with E-state index in [1.807, 2.05) is 0 Å². The minimum atomic E-state index is -1.44. The molecule has 5 heteroatoms. The molecule has 82 valence electrons. The number of benzene rings is 1. The SMILES string of the molecule is NC1CC(Nc2ccc(F)c(F)c2F)C1. The monoisotopic (exact) mass is 216 g/mol. The van der Waals surface area contributed by atoms with E-state index in [2.05, 4.69) is 5.32 Å². The van der Waals surface area contributed by atoms with Crippen molar-refractivity contribution in [3.05, 3.63) is 29.6 Å². The zero-order chi connectivity index (χ0) is 11.0. The minimum Gasteiger partial charge on any atom is -0.380 e. The Balaban J connectivity index is 2.12. The van der Waals surface area contributed by atoms with E-state index in [-0.39, 0.29) is 17.8 Å². The molecule has 1 aliphatic rings. The van der Waals surface area contributed by atoms with Gasteiger partial charge in [-0.15, -0.1) is 0 Å². The van der Waals surface area contributed by atoms with Gasteiger partial charge in [0.2, 0.25) is 0 Å². The van der Waals surface area contributed by atoms with Gasteiger partial charge >= 0.3 is 0 Å². The van der Waals surface area contributed by atoms with Crippen molar-refractivity contribution in [3.63, 3.8) is 0 Å². The van der Waals surface area contributed by atoms with Crippen LogP contribution in [0.4, 0.5) is 18.9 Å². The van der Waals surface area contributed by atoms with Crippen molar-refractivity contribution in [1.29, 1.82) is 0 Å². The molecule has 0 aliphatic heterocycles. The van der Waals surface area contributed by atoms with Crippen molar-refractivity contribution in [3.8, 4) is 0 Å². The molecule has 1 fully saturated rings. The van der Waals surface area contributed by atoms with Crippen LogP contribution in [-0.2, 0) is 0 Å². The smallest absolute Gasteiger partial charge is 0.196 e. The molecule has 1 saturated carbocycles. The summed E-state index contributed by atoms with van der Waals surface area (Å²) in [5, 5.41) is 2.78. The third-order valence-corrected chi connectivity index (χ3v) is 2.57. The molecule has 2 nitrogen and oxygen atoms in total. The van der Waals surface area contributed by atoms with E-state index in [0.29, 0.717) is 0 Å². The molecule has 0 spiro atoms. The lowest BCUT2D eigenvalue weighted by molar-refractivity contribution is 0.371. The molecule has 0 bridgehead atoms. The highest BCUT2D eigenvalue weighted by molar-refractivity contribution is 5.46. The van der Waals surface area contributed by atoms with Crippen LogP contribution in [-0.4, -0.2) is 12.1 Å². The first kappa shape index (κ1) is 10.3. The lowest BCUT2D eigenvalue weighted by Gasteiger charge is -2.33. The van der Waals surface area contributed by atoms with Gasteiger partial charge in [0.1, 0.15) is 0 Å². The predicted molar refractivity (Wildman–Crippen MR) is 50.9 cm³/mol. The topological polar surface area (TPSA) is 38.0 Å². The summed E-state index contributed by atoms with van der Waals surface area (Å²) < 4.78 is 38.6. The summed E-state index contributed by atoms with van der Waals surface area (Å²) in [4.78, 5) is 0. The van der Waals surface area contributed by atoms with Gasteiger partial charge in [-0.2, -0.15) is 0 Å². The number of halogens is 3. The number of nitrogens with two attached hydrogens (primary N) is 1. The van der Waals surface area contributed by atoms with Gasteiger partial charge in [-0.3, -0.25) is 0 Å². The van der Waals surface area contributed by atoms with E-state index in [9.17, 15) is 13.2 Å². The Kier molecular flexibility index (Phi) is 2.56. The number of rotatable bonds is 2. The van der Waals surface area contributed by atoms with Crippen molar-refractivity contribution < 1.29 is 13.2 Å². The van der Waals surface area contributed by atoms with E-state index >= 15 is 0 Å². The molecule has 0 heterocycles. The van der Waals surface area contributed by atoms with Gasteiger partial charge in [-0.25, -0.2) is 13.2 Å². The van der Waals surface area contributed by atoms with Crippen molar-refractivity contribution in [2.75, 3.05) is 5.32 Å². The van der Waals surface area contributed by atoms with Crippen LogP contribution < -0.4 is 11.1 Å². The van der Waals surface area contributed by atoms with Crippen LogP contribution >= 0.6 is 0 Å². The molecular weight excluding hydrogens is 205 g/mol. The standard InChI is InChI=1S/C10H11F3N2/c11-7-1-2-8(10(13)9(7)12)15-6-3-5(14)4-6/h1-2,5-6,15H,3-4,14H2. The molecule has 2 rings (SSSR count). The van der Waals surface area contributed by atoms with Crippen LogP contribution in [0, 0.1) is 17.5 Å². The number of hydrogen-bond donors (Lipinski definition) is 2. The molecule has 1 aromatic rings. The Morgan fingerprint density at radius 3 is 2.40 bits per heavy atom. The first-order valence-corrected chi connectivity index (χ1v) is 4.73. The summed E-state index contributed by atoms with van der Waals surface area (Å²) in [7, 11) is 0. The fourth-order valence-electron chi connectivity index (χ4n) is 1.64. The van der Waals surface area contributed by atoms with Gasteiger partial charge < -0.3 is 11.1 Å². The Labute approximate surface area is 85.3 Å². The Bertz CT molecular complexity index is 375. The Morgan fingerprint density at radius 1 is 1.13 bits per heavy atom. The summed E-state index contributed by atoms with van der Waals surface area (Å²) in [5.74, 6) is -3.79. The van der Waals surface area contributed by atoms with Crippen LogP contribution in [0.1, 0.15) is 12.8 Å². The Hall–Kier alpha value is -1.23. The maximum atomic E-state index is 13.2. The highest BCUT2D eigenvalue weighted by Gasteiger charge is 2.27. The van der Waals surface area contributed by atoms with Crippen molar-refractivity contribution in [1.82, 2.24) is 0 Å². The fourth-order valence-corrected chi connectivity index (χ4v) is 1.64. The van der Waals surface area contributed by atoms with E-state index in [0.717, 1.165) is 18.9 Å². The molecule has 15 heavy (non-hydrogen) atoms. The maximum Gasteiger partial charge on any atom is 0.196 e. The highest BCUT2D eigenvalue weighted by atomic mass is 19.2. The first-order valence-electron chi connectivity index (χ1n) is 4.73. The number of anilines is 1. The Morgan fingerprint density at radius 2 is 1.80 bits per heavy atom. The summed E-state index contributed by atoms with van der Waals surface area (Å²) in [6, 6.07) is 2.27. The lowest BCUT2D eigenvalue weighted by Crippen LogP contribution is -2.44. The van der Waals surface area contributed by atoms with Crippen molar-refractivity contribution in [2.45, 2.75) is 24.9 Å². The zero-order valence-corrected chi connectivity index (χ0v) is 7.93. The zero-order valence-electron chi connectivity index (χ0n) is 7.93. The first-order chi connectivity index (χ1) is 7.08. The molecule has 1 aromatic carbocycles. The summed E-state index contributed by atoms with van der Waals surface area (Å²) >= 11 is 0. The van der Waals surface area contributed by atoms with Gasteiger partial charge in [0.05, 0.1) is 5.69 Å².